The lowest BCUT2D eigenvalue weighted by Crippen LogP contribution is -2.13. The van der Waals surface area contributed by atoms with Gasteiger partial charge in [0.1, 0.15) is 6.61 Å². The van der Waals surface area contributed by atoms with Crippen molar-refractivity contribution in [2.45, 2.75) is 18.1 Å². The van der Waals surface area contributed by atoms with Crippen molar-refractivity contribution >= 4 is 17.7 Å². The van der Waals surface area contributed by atoms with E-state index >= 15 is 0 Å². The zero-order chi connectivity index (χ0) is 14.5. The third-order valence-electron chi connectivity index (χ3n) is 3.65. The van der Waals surface area contributed by atoms with Crippen molar-refractivity contribution in [3.63, 3.8) is 0 Å². The van der Waals surface area contributed by atoms with Crippen LogP contribution >= 0.6 is 11.8 Å². The summed E-state index contributed by atoms with van der Waals surface area (Å²) in [5.74, 6) is 0.968. The number of carbonyl (C=O) groups excluding carboxylic acids is 1. The molecule has 1 atom stereocenters. The van der Waals surface area contributed by atoms with Crippen molar-refractivity contribution in [1.82, 2.24) is 0 Å². The number of ether oxygens (including phenoxy) is 1. The molecular weight excluding hydrogens is 280 g/mol. The molecule has 108 valence electrons. The molecule has 3 heteroatoms. The number of esters is 1. The summed E-state index contributed by atoms with van der Waals surface area (Å²) in [5, 5.41) is 0.484. The maximum Gasteiger partial charge on any atom is 0.338 e. The number of benzene rings is 2. The first-order valence-electron chi connectivity index (χ1n) is 7.27. The molecule has 0 saturated carbocycles. The lowest BCUT2D eigenvalue weighted by molar-refractivity contribution is 0.0506. The highest BCUT2D eigenvalue weighted by Crippen LogP contribution is 2.26. The van der Waals surface area contributed by atoms with Gasteiger partial charge in [-0.05, 0) is 41.9 Å². The van der Waals surface area contributed by atoms with Crippen molar-refractivity contribution in [2.75, 3.05) is 12.4 Å². The number of carbonyl (C=O) groups is 1. The minimum absolute atomic E-state index is 0.220. The summed E-state index contributed by atoms with van der Waals surface area (Å²) < 4.78 is 5.40. The number of rotatable bonds is 4. The van der Waals surface area contributed by atoms with Crippen molar-refractivity contribution < 1.29 is 9.53 Å². The quantitative estimate of drug-likeness (QED) is 0.782. The minimum atomic E-state index is -0.220. The third kappa shape index (κ3) is 3.67. The number of hydrogen-bond acceptors (Lipinski definition) is 3. The summed E-state index contributed by atoms with van der Waals surface area (Å²) in [6.45, 7) is 0.532. The van der Waals surface area contributed by atoms with E-state index in [0.717, 1.165) is 17.5 Å². The summed E-state index contributed by atoms with van der Waals surface area (Å²) in [7, 11) is 0. The van der Waals surface area contributed by atoms with Crippen LogP contribution < -0.4 is 0 Å². The zero-order valence-electron chi connectivity index (χ0n) is 11.8. The molecule has 0 aromatic heterocycles. The molecule has 2 nitrogen and oxygen atoms in total. The van der Waals surface area contributed by atoms with E-state index in [0.29, 0.717) is 17.4 Å². The average Bonchev–Trinajstić information content (AvgIpc) is 3.07. The topological polar surface area (TPSA) is 26.3 Å². The van der Waals surface area contributed by atoms with Gasteiger partial charge in [0.25, 0.3) is 0 Å². The van der Waals surface area contributed by atoms with Gasteiger partial charge in [-0.2, -0.15) is 11.8 Å². The van der Waals surface area contributed by atoms with Crippen molar-refractivity contribution in [3.05, 3.63) is 60.2 Å². The van der Waals surface area contributed by atoms with E-state index in [1.165, 1.54) is 12.2 Å². The Labute approximate surface area is 129 Å². The smallest absolute Gasteiger partial charge is 0.338 e. The Kier molecular flexibility index (Phi) is 4.61. The molecule has 1 saturated heterocycles. The molecule has 0 aliphatic carbocycles. The fourth-order valence-corrected chi connectivity index (χ4v) is 3.62. The second-order valence-corrected chi connectivity index (χ2v) is 6.59. The Hall–Kier alpha value is -1.74. The predicted octanol–water partition coefficient (Wildman–Crippen LogP) is 4.41. The Bertz CT molecular complexity index is 586. The molecule has 1 aliphatic heterocycles. The molecule has 1 heterocycles. The second-order valence-electron chi connectivity index (χ2n) is 5.18. The largest absolute Gasteiger partial charge is 0.461 e. The first-order chi connectivity index (χ1) is 10.3. The Morgan fingerprint density at radius 3 is 2.43 bits per heavy atom. The maximum atomic E-state index is 12.0. The van der Waals surface area contributed by atoms with Crippen LogP contribution in [-0.2, 0) is 4.74 Å². The van der Waals surface area contributed by atoms with Crippen molar-refractivity contribution in [1.29, 1.82) is 0 Å². The fraction of sp³-hybridized carbons (Fsp3) is 0.278. The Morgan fingerprint density at radius 2 is 1.76 bits per heavy atom. The van der Waals surface area contributed by atoms with Crippen LogP contribution in [0.1, 0.15) is 23.2 Å². The minimum Gasteiger partial charge on any atom is -0.461 e. The van der Waals surface area contributed by atoms with Gasteiger partial charge in [0.05, 0.1) is 5.56 Å². The van der Waals surface area contributed by atoms with Crippen LogP contribution in [-0.4, -0.2) is 23.6 Å². The molecule has 21 heavy (non-hydrogen) atoms. The maximum absolute atomic E-state index is 12.0. The molecule has 0 unspecified atom stereocenters. The molecule has 3 rings (SSSR count). The van der Waals surface area contributed by atoms with Gasteiger partial charge in [0.15, 0.2) is 0 Å². The van der Waals surface area contributed by atoms with Gasteiger partial charge >= 0.3 is 5.97 Å². The van der Waals surface area contributed by atoms with Crippen LogP contribution in [0.2, 0.25) is 0 Å². The monoisotopic (exact) mass is 298 g/mol. The van der Waals surface area contributed by atoms with Gasteiger partial charge in [0, 0.05) is 5.25 Å². The molecule has 2 aromatic carbocycles. The molecule has 0 amide bonds. The van der Waals surface area contributed by atoms with Crippen LogP contribution in [0, 0.1) is 0 Å². The van der Waals surface area contributed by atoms with Gasteiger partial charge in [-0.1, -0.05) is 42.5 Å². The lowest BCUT2D eigenvalue weighted by atomic mass is 10.0. The summed E-state index contributed by atoms with van der Waals surface area (Å²) in [4.78, 5) is 12.0. The van der Waals surface area contributed by atoms with E-state index < -0.39 is 0 Å². The molecule has 0 radical (unpaired) electrons. The summed E-state index contributed by atoms with van der Waals surface area (Å²) in [5.41, 5.74) is 2.89. The SMILES string of the molecule is O=C(OC[C@H]1CCCS1)c1ccc(-c2ccccc2)cc1. The first kappa shape index (κ1) is 14.2. The standard InChI is InChI=1S/C18H18O2S/c19-18(20-13-17-7-4-12-21-17)16-10-8-15(9-11-16)14-5-2-1-3-6-14/h1-3,5-6,8-11,17H,4,7,12-13H2/t17-/m1/s1. The highest BCUT2D eigenvalue weighted by Gasteiger charge is 2.18. The van der Waals surface area contributed by atoms with E-state index in [1.54, 1.807) is 0 Å². The van der Waals surface area contributed by atoms with E-state index in [1.807, 2.05) is 54.2 Å². The van der Waals surface area contributed by atoms with Gasteiger partial charge in [-0.25, -0.2) is 4.79 Å². The van der Waals surface area contributed by atoms with Gasteiger partial charge in [-0.15, -0.1) is 0 Å². The molecule has 0 bridgehead atoms. The first-order valence-corrected chi connectivity index (χ1v) is 8.32. The molecule has 1 aliphatic rings. The molecule has 0 N–H and O–H groups in total. The van der Waals surface area contributed by atoms with Gasteiger partial charge in [-0.3, -0.25) is 0 Å². The molecule has 2 aromatic rings. The van der Waals surface area contributed by atoms with E-state index in [-0.39, 0.29) is 5.97 Å². The van der Waals surface area contributed by atoms with Crippen LogP contribution in [0.3, 0.4) is 0 Å². The fourth-order valence-electron chi connectivity index (χ4n) is 2.46. The average molecular weight is 298 g/mol. The van der Waals surface area contributed by atoms with Crippen molar-refractivity contribution in [2.24, 2.45) is 0 Å². The summed E-state index contributed by atoms with van der Waals surface area (Å²) in [6, 6.07) is 17.8. The van der Waals surface area contributed by atoms with E-state index in [2.05, 4.69) is 12.1 Å². The predicted molar refractivity (Wildman–Crippen MR) is 87.6 cm³/mol. The molecule has 1 fully saturated rings. The van der Waals surface area contributed by atoms with Crippen LogP contribution in [0.15, 0.2) is 54.6 Å². The number of hydrogen-bond donors (Lipinski definition) is 0. The van der Waals surface area contributed by atoms with Gasteiger partial charge in [0.2, 0.25) is 0 Å². The summed E-state index contributed by atoms with van der Waals surface area (Å²) >= 11 is 1.90. The van der Waals surface area contributed by atoms with Gasteiger partial charge < -0.3 is 4.74 Å². The van der Waals surface area contributed by atoms with Crippen LogP contribution in [0.5, 0.6) is 0 Å². The van der Waals surface area contributed by atoms with Crippen LogP contribution in [0.4, 0.5) is 0 Å². The second kappa shape index (κ2) is 6.81. The lowest BCUT2D eigenvalue weighted by Gasteiger charge is -2.10. The normalized spacial score (nSPS) is 17.6. The third-order valence-corrected chi connectivity index (χ3v) is 5.02. The van der Waals surface area contributed by atoms with Crippen LogP contribution in [0.25, 0.3) is 11.1 Å². The molecular formula is C18H18O2S. The highest BCUT2D eigenvalue weighted by atomic mass is 32.2. The zero-order valence-corrected chi connectivity index (χ0v) is 12.6. The summed E-state index contributed by atoms with van der Waals surface area (Å²) in [6.07, 6.45) is 2.39. The van der Waals surface area contributed by atoms with E-state index in [9.17, 15) is 4.79 Å². The molecule has 0 spiro atoms. The van der Waals surface area contributed by atoms with E-state index in [4.69, 9.17) is 4.74 Å². The number of thioether (sulfide) groups is 1. The van der Waals surface area contributed by atoms with Crippen molar-refractivity contribution in [3.8, 4) is 11.1 Å². The Morgan fingerprint density at radius 1 is 1.05 bits per heavy atom. The highest BCUT2D eigenvalue weighted by molar-refractivity contribution is 8.00. The Balaban J connectivity index is 1.62.